The van der Waals surface area contributed by atoms with Gasteiger partial charge in [0.25, 0.3) is 6.33 Å². The highest BCUT2D eigenvalue weighted by Gasteiger charge is 2.35. The molecule has 0 spiro atoms. The monoisotopic (exact) mass is 298 g/mol. The summed E-state index contributed by atoms with van der Waals surface area (Å²) in [5.74, 6) is 1.59. The molecule has 0 radical (unpaired) electrons. The van der Waals surface area contributed by atoms with Crippen molar-refractivity contribution in [1.82, 2.24) is 8.28 Å². The van der Waals surface area contributed by atoms with Crippen molar-refractivity contribution in [3.05, 3.63) is 18.7 Å². The van der Waals surface area contributed by atoms with E-state index < -0.39 is 10.2 Å². The van der Waals surface area contributed by atoms with Gasteiger partial charge in [-0.25, -0.2) is 4.57 Å². The van der Waals surface area contributed by atoms with E-state index in [-0.39, 0.29) is 0 Å². The average Bonchev–Trinajstić information content (AvgIpc) is 3.10. The first-order chi connectivity index (χ1) is 9.57. The third-order valence-electron chi connectivity index (χ3n) is 4.90. The third kappa shape index (κ3) is 2.63. The summed E-state index contributed by atoms with van der Waals surface area (Å²) in [6.45, 7) is 1.34. The highest BCUT2D eigenvalue weighted by molar-refractivity contribution is 7.87. The number of rotatable bonds is 3. The van der Waals surface area contributed by atoms with Crippen LogP contribution in [0, 0.1) is 11.8 Å². The lowest BCUT2D eigenvalue weighted by Crippen LogP contribution is -2.42. The van der Waals surface area contributed by atoms with Gasteiger partial charge in [-0.15, -0.1) is 3.97 Å². The van der Waals surface area contributed by atoms with E-state index in [0.29, 0.717) is 13.1 Å². The van der Waals surface area contributed by atoms with Gasteiger partial charge in [0, 0.05) is 13.1 Å². The highest BCUT2D eigenvalue weighted by atomic mass is 32.2. The van der Waals surface area contributed by atoms with Crippen LogP contribution in [0.4, 0.5) is 0 Å². The zero-order valence-electron chi connectivity index (χ0n) is 12.1. The van der Waals surface area contributed by atoms with Crippen molar-refractivity contribution in [2.24, 2.45) is 18.9 Å². The second-order valence-electron chi connectivity index (χ2n) is 6.20. The Bertz CT molecular complexity index is 553. The van der Waals surface area contributed by atoms with Crippen molar-refractivity contribution in [1.29, 1.82) is 0 Å². The minimum atomic E-state index is -3.36. The van der Waals surface area contributed by atoms with Crippen molar-refractivity contribution in [2.75, 3.05) is 13.1 Å². The first-order valence-corrected chi connectivity index (χ1v) is 9.01. The van der Waals surface area contributed by atoms with E-state index in [1.165, 1.54) is 29.7 Å². The summed E-state index contributed by atoms with van der Waals surface area (Å²) in [5, 5.41) is 0. The van der Waals surface area contributed by atoms with Crippen molar-refractivity contribution >= 4 is 10.2 Å². The number of hydrogen-bond donors (Lipinski definition) is 0. The normalized spacial score (nSPS) is 23.4. The van der Waals surface area contributed by atoms with Crippen LogP contribution in [0.1, 0.15) is 38.5 Å². The summed E-state index contributed by atoms with van der Waals surface area (Å²) in [4.78, 5) is 0. The quantitative estimate of drug-likeness (QED) is 0.790. The molecule has 1 saturated carbocycles. The van der Waals surface area contributed by atoms with Crippen LogP contribution in [0.5, 0.6) is 0 Å². The highest BCUT2D eigenvalue weighted by Crippen LogP contribution is 2.37. The van der Waals surface area contributed by atoms with Gasteiger partial charge in [0.05, 0.1) is 7.05 Å². The molecule has 0 N–H and O–H groups in total. The van der Waals surface area contributed by atoms with E-state index in [4.69, 9.17) is 0 Å². The van der Waals surface area contributed by atoms with Crippen LogP contribution in [0.3, 0.4) is 0 Å². The number of aromatic nitrogens is 2. The topological polar surface area (TPSA) is 46.2 Å². The van der Waals surface area contributed by atoms with Crippen molar-refractivity contribution < 1.29 is 13.0 Å². The van der Waals surface area contributed by atoms with Crippen molar-refractivity contribution in [2.45, 2.75) is 38.5 Å². The molecule has 0 amide bonds. The molecule has 0 bridgehead atoms. The fourth-order valence-corrected chi connectivity index (χ4v) is 5.12. The molecule has 1 aliphatic heterocycles. The first kappa shape index (κ1) is 14.1. The largest absolute Gasteiger partial charge is 0.379 e. The maximum absolute atomic E-state index is 12.5. The fraction of sp³-hybridized carbons (Fsp3) is 0.786. The lowest BCUT2D eigenvalue weighted by atomic mass is 9.84. The summed E-state index contributed by atoms with van der Waals surface area (Å²) >= 11 is 0. The Kier molecular flexibility index (Phi) is 3.86. The lowest BCUT2D eigenvalue weighted by molar-refractivity contribution is -0.670. The van der Waals surface area contributed by atoms with E-state index in [1.807, 2.05) is 7.05 Å². The molecule has 1 saturated heterocycles. The minimum absolute atomic E-state index is 0.672. The number of piperidine rings is 1. The van der Waals surface area contributed by atoms with Gasteiger partial charge in [0.15, 0.2) is 0 Å². The molecule has 112 valence electrons. The molecular weight excluding hydrogens is 274 g/mol. The Balaban J connectivity index is 1.65. The Labute approximate surface area is 121 Å². The Hall–Kier alpha value is -0.880. The van der Waals surface area contributed by atoms with Gasteiger partial charge in [-0.1, -0.05) is 25.7 Å². The molecular formula is C14H24N3O2S+. The van der Waals surface area contributed by atoms with E-state index in [0.717, 1.165) is 24.7 Å². The number of aryl methyl sites for hydroxylation is 1. The van der Waals surface area contributed by atoms with Crippen LogP contribution >= 0.6 is 0 Å². The van der Waals surface area contributed by atoms with Gasteiger partial charge in [-0.3, -0.25) is 0 Å². The van der Waals surface area contributed by atoms with E-state index in [2.05, 4.69) is 0 Å². The fourth-order valence-electron chi connectivity index (χ4n) is 3.70. The Morgan fingerprint density at radius 2 is 1.65 bits per heavy atom. The summed E-state index contributed by atoms with van der Waals surface area (Å²) in [6, 6.07) is 0. The molecule has 0 unspecified atom stereocenters. The van der Waals surface area contributed by atoms with Crippen LogP contribution in [0.25, 0.3) is 0 Å². The maximum Gasteiger partial charge on any atom is 0.379 e. The molecule has 2 fully saturated rings. The molecule has 5 nitrogen and oxygen atoms in total. The Morgan fingerprint density at radius 1 is 1.05 bits per heavy atom. The standard InChI is InChI=1S/C14H24N3O2S/c1-15-10-11-17(12-15)20(18,19)16-8-6-14(7-9-16)13-4-2-3-5-13/h10-14H,2-9H2,1H3/q+1. The number of hydrogen-bond acceptors (Lipinski definition) is 2. The van der Waals surface area contributed by atoms with Crippen LogP contribution in [-0.4, -0.2) is 29.8 Å². The van der Waals surface area contributed by atoms with Crippen LogP contribution < -0.4 is 4.57 Å². The average molecular weight is 298 g/mol. The van der Waals surface area contributed by atoms with Crippen molar-refractivity contribution in [3.63, 3.8) is 0 Å². The number of nitrogens with zero attached hydrogens (tertiary/aromatic N) is 3. The van der Waals surface area contributed by atoms with Gasteiger partial charge >= 0.3 is 10.2 Å². The summed E-state index contributed by atoms with van der Waals surface area (Å²) < 4.78 is 29.7. The van der Waals surface area contributed by atoms with E-state index >= 15 is 0 Å². The molecule has 6 heteroatoms. The minimum Gasteiger partial charge on any atom is -0.238 e. The first-order valence-electron chi connectivity index (χ1n) is 7.61. The molecule has 1 aromatic heterocycles. The van der Waals surface area contributed by atoms with Gasteiger partial charge in [0.2, 0.25) is 0 Å². The SMILES string of the molecule is C[n+]1ccn(S(=O)(=O)N2CCC(C3CCCC3)CC2)c1. The second kappa shape index (κ2) is 5.48. The summed E-state index contributed by atoms with van der Waals surface area (Å²) in [6.07, 6.45) is 12.5. The third-order valence-corrected chi connectivity index (χ3v) is 6.67. The van der Waals surface area contributed by atoms with Gasteiger partial charge in [-0.2, -0.15) is 12.7 Å². The van der Waals surface area contributed by atoms with Crippen molar-refractivity contribution in [3.8, 4) is 0 Å². The molecule has 0 atom stereocenters. The van der Waals surface area contributed by atoms with Gasteiger partial charge < -0.3 is 0 Å². The van der Waals surface area contributed by atoms with Gasteiger partial charge in [0.1, 0.15) is 12.4 Å². The number of imidazole rings is 1. The predicted octanol–water partition coefficient (Wildman–Crippen LogP) is 1.31. The second-order valence-corrected chi connectivity index (χ2v) is 8.03. The molecule has 0 aromatic carbocycles. The smallest absolute Gasteiger partial charge is 0.238 e. The van der Waals surface area contributed by atoms with E-state index in [1.54, 1.807) is 27.6 Å². The summed E-state index contributed by atoms with van der Waals surface area (Å²) in [7, 11) is -1.53. The molecule has 20 heavy (non-hydrogen) atoms. The zero-order chi connectivity index (χ0) is 14.2. The summed E-state index contributed by atoms with van der Waals surface area (Å²) in [5.41, 5.74) is 0. The predicted molar refractivity (Wildman–Crippen MR) is 76.2 cm³/mol. The van der Waals surface area contributed by atoms with E-state index in [9.17, 15) is 8.42 Å². The zero-order valence-corrected chi connectivity index (χ0v) is 12.9. The molecule has 2 aliphatic rings. The molecule has 3 rings (SSSR count). The van der Waals surface area contributed by atoms with Gasteiger partial charge in [-0.05, 0) is 24.7 Å². The molecule has 1 aromatic rings. The molecule has 1 aliphatic carbocycles. The maximum atomic E-state index is 12.5. The van der Waals surface area contributed by atoms with Crippen LogP contribution in [-0.2, 0) is 17.3 Å². The van der Waals surface area contributed by atoms with Crippen LogP contribution in [0.15, 0.2) is 18.7 Å². The lowest BCUT2D eigenvalue weighted by Gasteiger charge is -2.32. The van der Waals surface area contributed by atoms with Crippen LogP contribution in [0.2, 0.25) is 0 Å². The molecule has 2 heterocycles. The Morgan fingerprint density at radius 3 is 2.20 bits per heavy atom.